The summed E-state index contributed by atoms with van der Waals surface area (Å²) in [7, 11) is 0. The molecule has 4 unspecified atom stereocenters. The fourth-order valence-corrected chi connectivity index (χ4v) is 3.20. The molecule has 0 bridgehead atoms. The lowest BCUT2D eigenvalue weighted by Crippen LogP contribution is -2.59. The third kappa shape index (κ3) is 10.5. The van der Waals surface area contributed by atoms with E-state index in [1.54, 1.807) is 44.2 Å². The second-order valence-electron chi connectivity index (χ2n) is 8.59. The van der Waals surface area contributed by atoms with Gasteiger partial charge in [-0.2, -0.15) is 0 Å². The van der Waals surface area contributed by atoms with Crippen LogP contribution in [-0.4, -0.2) is 69.9 Å². The summed E-state index contributed by atoms with van der Waals surface area (Å²) in [6, 6.07) is 3.42. The summed E-state index contributed by atoms with van der Waals surface area (Å²) in [5.41, 5.74) is 11.5. The highest BCUT2D eigenvalue weighted by atomic mass is 16.4. The number of hydrogen-bond acceptors (Lipinski definition) is 7. The Labute approximate surface area is 208 Å². The SMILES string of the molecule is CC(C)C(NC(=O)C(CC(N)=O)NC(=O)C(N)CCC(=O)O)C(=O)NC(Cc1ccccc1)C(=O)O. The van der Waals surface area contributed by atoms with Crippen LogP contribution in [0.4, 0.5) is 0 Å². The molecule has 0 aromatic heterocycles. The van der Waals surface area contributed by atoms with E-state index in [1.165, 1.54) is 0 Å². The number of benzene rings is 1. The lowest BCUT2D eigenvalue weighted by molar-refractivity contribution is -0.142. The molecule has 0 aliphatic rings. The number of nitrogens with two attached hydrogens (primary N) is 2. The molecule has 0 aliphatic heterocycles. The molecule has 0 saturated heterocycles. The van der Waals surface area contributed by atoms with Gasteiger partial charge in [-0.25, -0.2) is 4.79 Å². The predicted molar refractivity (Wildman–Crippen MR) is 127 cm³/mol. The van der Waals surface area contributed by atoms with Gasteiger partial charge < -0.3 is 37.6 Å². The molecule has 0 spiro atoms. The molecule has 1 rings (SSSR count). The van der Waals surface area contributed by atoms with E-state index in [-0.39, 0.29) is 19.3 Å². The maximum Gasteiger partial charge on any atom is 0.326 e. The quantitative estimate of drug-likeness (QED) is 0.146. The molecule has 13 nitrogen and oxygen atoms in total. The van der Waals surface area contributed by atoms with Crippen LogP contribution in [0.5, 0.6) is 0 Å². The summed E-state index contributed by atoms with van der Waals surface area (Å²) >= 11 is 0. The average molecular weight is 508 g/mol. The topological polar surface area (TPSA) is 231 Å². The lowest BCUT2D eigenvalue weighted by atomic mass is 10.0. The summed E-state index contributed by atoms with van der Waals surface area (Å²) < 4.78 is 0. The number of carbonyl (C=O) groups excluding carboxylic acids is 4. The summed E-state index contributed by atoms with van der Waals surface area (Å²) in [5.74, 6) is -6.42. The van der Waals surface area contributed by atoms with E-state index in [1.807, 2.05) is 0 Å². The van der Waals surface area contributed by atoms with Gasteiger partial charge >= 0.3 is 11.9 Å². The van der Waals surface area contributed by atoms with E-state index in [9.17, 15) is 33.9 Å². The number of aliphatic carboxylic acids is 2. The van der Waals surface area contributed by atoms with Gasteiger partial charge in [-0.3, -0.25) is 24.0 Å². The van der Waals surface area contributed by atoms with Crippen molar-refractivity contribution in [3.8, 4) is 0 Å². The zero-order valence-electron chi connectivity index (χ0n) is 20.1. The van der Waals surface area contributed by atoms with E-state index >= 15 is 0 Å². The molecule has 0 heterocycles. The van der Waals surface area contributed by atoms with Crippen molar-refractivity contribution in [2.24, 2.45) is 17.4 Å². The Balaban J connectivity index is 2.94. The number of amides is 4. The lowest BCUT2D eigenvalue weighted by Gasteiger charge is -2.26. The standard InChI is InChI=1S/C23H33N5O8/c1-12(2)19(22(34)27-16(23(35)36)10-13-6-4-3-5-7-13)28-21(33)15(11-17(25)29)26-20(32)14(24)8-9-18(30)31/h3-7,12,14-16,19H,8-11,24H2,1-2H3,(H2,25,29)(H,26,32)(H,27,34)(H,28,33)(H,30,31)(H,35,36). The Kier molecular flexibility index (Phi) is 12.0. The number of carboxylic acid groups (broad SMARTS) is 2. The van der Waals surface area contributed by atoms with E-state index < -0.39 is 72.1 Å². The Morgan fingerprint density at radius 2 is 1.44 bits per heavy atom. The monoisotopic (exact) mass is 507 g/mol. The minimum atomic E-state index is -1.49. The van der Waals surface area contributed by atoms with E-state index in [4.69, 9.17) is 16.6 Å². The predicted octanol–water partition coefficient (Wildman–Crippen LogP) is -1.51. The van der Waals surface area contributed by atoms with Gasteiger partial charge in [-0.05, 0) is 17.9 Å². The van der Waals surface area contributed by atoms with Gasteiger partial charge in [0.25, 0.3) is 0 Å². The van der Waals surface area contributed by atoms with E-state index in [2.05, 4.69) is 16.0 Å². The van der Waals surface area contributed by atoms with Gasteiger partial charge in [-0.15, -0.1) is 0 Å². The molecule has 36 heavy (non-hydrogen) atoms. The van der Waals surface area contributed by atoms with E-state index in [0.717, 1.165) is 0 Å². The van der Waals surface area contributed by atoms with Gasteiger partial charge in [0.2, 0.25) is 23.6 Å². The number of primary amides is 1. The first-order valence-corrected chi connectivity index (χ1v) is 11.2. The van der Waals surface area contributed by atoms with Crippen LogP contribution in [-0.2, 0) is 35.2 Å². The molecule has 0 fully saturated rings. The van der Waals surface area contributed by atoms with Gasteiger partial charge in [0.15, 0.2) is 0 Å². The molecule has 0 saturated carbocycles. The van der Waals surface area contributed by atoms with Gasteiger partial charge in [-0.1, -0.05) is 44.2 Å². The maximum absolute atomic E-state index is 12.9. The smallest absolute Gasteiger partial charge is 0.326 e. The summed E-state index contributed by atoms with van der Waals surface area (Å²) in [4.78, 5) is 71.9. The molecule has 4 amide bonds. The van der Waals surface area contributed by atoms with Crippen molar-refractivity contribution in [2.75, 3.05) is 0 Å². The van der Waals surface area contributed by atoms with Crippen LogP contribution in [0.1, 0.15) is 38.7 Å². The van der Waals surface area contributed by atoms with Gasteiger partial charge in [0, 0.05) is 12.8 Å². The van der Waals surface area contributed by atoms with Crippen molar-refractivity contribution in [2.45, 2.75) is 63.7 Å². The first kappa shape index (κ1) is 30.0. The first-order valence-electron chi connectivity index (χ1n) is 11.2. The number of hydrogen-bond donors (Lipinski definition) is 7. The van der Waals surface area contributed by atoms with Crippen molar-refractivity contribution >= 4 is 35.6 Å². The summed E-state index contributed by atoms with van der Waals surface area (Å²) in [6.07, 6.45) is -1.19. The second kappa shape index (κ2) is 14.4. The Morgan fingerprint density at radius 1 is 0.861 bits per heavy atom. The van der Waals surface area contributed by atoms with E-state index in [0.29, 0.717) is 5.56 Å². The molecule has 198 valence electrons. The van der Waals surface area contributed by atoms with Crippen LogP contribution >= 0.6 is 0 Å². The minimum Gasteiger partial charge on any atom is -0.481 e. The minimum absolute atomic E-state index is 0.00919. The molecular weight excluding hydrogens is 474 g/mol. The van der Waals surface area contributed by atoms with Crippen LogP contribution in [0.2, 0.25) is 0 Å². The molecule has 1 aromatic carbocycles. The molecule has 0 aliphatic carbocycles. The number of carbonyl (C=O) groups is 6. The van der Waals surface area contributed by atoms with Crippen molar-refractivity contribution < 1.29 is 39.0 Å². The highest BCUT2D eigenvalue weighted by Gasteiger charge is 2.32. The van der Waals surface area contributed by atoms with Crippen molar-refractivity contribution in [3.63, 3.8) is 0 Å². The van der Waals surface area contributed by atoms with Crippen molar-refractivity contribution in [1.29, 1.82) is 0 Å². The van der Waals surface area contributed by atoms with Crippen LogP contribution in [0.15, 0.2) is 30.3 Å². The second-order valence-corrected chi connectivity index (χ2v) is 8.59. The highest BCUT2D eigenvalue weighted by molar-refractivity contribution is 5.96. The summed E-state index contributed by atoms with van der Waals surface area (Å²) in [6.45, 7) is 3.22. The molecule has 1 aromatic rings. The van der Waals surface area contributed by atoms with Crippen LogP contribution in [0.3, 0.4) is 0 Å². The van der Waals surface area contributed by atoms with Gasteiger partial charge in [0.05, 0.1) is 12.5 Å². The largest absolute Gasteiger partial charge is 0.481 e. The zero-order chi connectivity index (χ0) is 27.4. The fraction of sp³-hybridized carbons (Fsp3) is 0.478. The number of carboxylic acids is 2. The molecule has 4 atom stereocenters. The summed E-state index contributed by atoms with van der Waals surface area (Å²) in [5, 5.41) is 25.4. The van der Waals surface area contributed by atoms with Crippen LogP contribution in [0.25, 0.3) is 0 Å². The Hall–Kier alpha value is -4.00. The van der Waals surface area contributed by atoms with Gasteiger partial charge in [0.1, 0.15) is 18.1 Å². The fourth-order valence-electron chi connectivity index (χ4n) is 3.20. The normalized spacial score (nSPS) is 14.1. The molecule has 9 N–H and O–H groups in total. The Bertz CT molecular complexity index is 953. The first-order chi connectivity index (χ1) is 16.8. The maximum atomic E-state index is 12.9. The van der Waals surface area contributed by atoms with Crippen LogP contribution in [0, 0.1) is 5.92 Å². The third-order valence-corrected chi connectivity index (χ3v) is 5.19. The van der Waals surface area contributed by atoms with Crippen LogP contribution < -0.4 is 27.4 Å². The number of nitrogens with one attached hydrogen (secondary N) is 3. The third-order valence-electron chi connectivity index (χ3n) is 5.19. The average Bonchev–Trinajstić information content (AvgIpc) is 2.79. The number of rotatable bonds is 15. The molecule has 0 radical (unpaired) electrons. The van der Waals surface area contributed by atoms with Crippen molar-refractivity contribution in [3.05, 3.63) is 35.9 Å². The molecular formula is C23H33N5O8. The Morgan fingerprint density at radius 3 is 1.94 bits per heavy atom. The highest BCUT2D eigenvalue weighted by Crippen LogP contribution is 2.08. The molecule has 13 heteroatoms. The zero-order valence-corrected chi connectivity index (χ0v) is 20.1. The van der Waals surface area contributed by atoms with Crippen molar-refractivity contribution in [1.82, 2.24) is 16.0 Å².